The first kappa shape index (κ1) is 7.43. The van der Waals surface area contributed by atoms with E-state index in [2.05, 4.69) is 32.0 Å². The Morgan fingerprint density at radius 3 is 2.77 bits per heavy atom. The van der Waals surface area contributed by atoms with Gasteiger partial charge in [-0.2, -0.15) is 0 Å². The number of para-hydroxylation sites is 1. The van der Waals surface area contributed by atoms with E-state index in [1.165, 1.54) is 5.56 Å². The van der Waals surface area contributed by atoms with Crippen LogP contribution < -0.4 is 4.74 Å². The van der Waals surface area contributed by atoms with Crippen LogP contribution in [-0.2, 0) is 0 Å². The quantitative estimate of drug-likeness (QED) is 0.636. The van der Waals surface area contributed by atoms with Gasteiger partial charge in [-0.05, 0) is 12.0 Å². The number of ether oxygens (including phenoxy) is 1. The fraction of sp³-hybridized carbons (Fsp3) is 0.500. The summed E-state index contributed by atoms with van der Waals surface area (Å²) in [4.78, 5) is 0. The minimum absolute atomic E-state index is 0.498. The minimum Gasteiger partial charge on any atom is -0.489 e. The molecule has 68 valence electrons. The van der Waals surface area contributed by atoms with E-state index in [4.69, 9.17) is 4.74 Å². The molecule has 1 aliphatic carbocycles. The second-order valence-electron chi connectivity index (χ2n) is 4.47. The van der Waals surface area contributed by atoms with E-state index < -0.39 is 0 Å². The Hall–Kier alpha value is -0.980. The molecule has 0 radical (unpaired) electrons. The Morgan fingerprint density at radius 2 is 2.00 bits per heavy atom. The molecule has 1 nitrogen and oxygen atoms in total. The van der Waals surface area contributed by atoms with Crippen LogP contribution in [0.3, 0.4) is 0 Å². The zero-order valence-electron chi connectivity index (χ0n) is 8.03. The first-order chi connectivity index (χ1) is 6.29. The van der Waals surface area contributed by atoms with Crippen molar-refractivity contribution in [2.24, 2.45) is 11.8 Å². The smallest absolute Gasteiger partial charge is 0.123 e. The topological polar surface area (TPSA) is 9.23 Å². The van der Waals surface area contributed by atoms with Gasteiger partial charge in [-0.25, -0.2) is 0 Å². The molecule has 1 saturated carbocycles. The molecule has 3 unspecified atom stereocenters. The van der Waals surface area contributed by atoms with Gasteiger partial charge in [0.15, 0.2) is 0 Å². The molecule has 1 aliphatic heterocycles. The highest BCUT2D eigenvalue weighted by molar-refractivity contribution is 5.47. The molecule has 1 heteroatoms. The maximum atomic E-state index is 5.85. The summed E-state index contributed by atoms with van der Waals surface area (Å²) < 4.78 is 5.85. The molecule has 1 aromatic carbocycles. The molecule has 0 spiro atoms. The number of hydrogen-bond donors (Lipinski definition) is 0. The van der Waals surface area contributed by atoms with Gasteiger partial charge in [-0.15, -0.1) is 0 Å². The van der Waals surface area contributed by atoms with E-state index in [1.807, 2.05) is 6.07 Å². The zero-order chi connectivity index (χ0) is 9.00. The summed E-state index contributed by atoms with van der Waals surface area (Å²) in [5.74, 6) is 3.35. The van der Waals surface area contributed by atoms with Crippen molar-refractivity contribution in [2.45, 2.75) is 25.9 Å². The highest BCUT2D eigenvalue weighted by atomic mass is 16.5. The lowest BCUT2D eigenvalue weighted by molar-refractivity contribution is 0.277. The molecule has 0 aromatic heterocycles. The standard InChI is InChI=1S/C12H14O/c1-7(2)10-11-8-5-3-4-6-9(8)13-12(10)11/h3-7,10-12H,1-2H3. The predicted octanol–water partition coefficient (Wildman–Crippen LogP) is 2.82. The van der Waals surface area contributed by atoms with E-state index in [0.29, 0.717) is 12.0 Å². The number of hydrogen-bond acceptors (Lipinski definition) is 1. The van der Waals surface area contributed by atoms with E-state index in [1.54, 1.807) is 0 Å². The summed E-state index contributed by atoms with van der Waals surface area (Å²) in [6.45, 7) is 4.57. The molecule has 1 heterocycles. The van der Waals surface area contributed by atoms with E-state index >= 15 is 0 Å². The van der Waals surface area contributed by atoms with Crippen LogP contribution in [0.2, 0.25) is 0 Å². The summed E-state index contributed by atoms with van der Waals surface area (Å²) in [5, 5.41) is 0. The van der Waals surface area contributed by atoms with Crippen LogP contribution >= 0.6 is 0 Å². The van der Waals surface area contributed by atoms with Gasteiger partial charge < -0.3 is 4.74 Å². The summed E-state index contributed by atoms with van der Waals surface area (Å²) >= 11 is 0. The maximum absolute atomic E-state index is 5.85. The average molecular weight is 174 g/mol. The van der Waals surface area contributed by atoms with Crippen LogP contribution in [0.15, 0.2) is 24.3 Å². The fourth-order valence-electron chi connectivity index (χ4n) is 2.65. The third-order valence-electron chi connectivity index (χ3n) is 3.32. The van der Waals surface area contributed by atoms with Crippen LogP contribution in [-0.4, -0.2) is 6.10 Å². The molecule has 3 atom stereocenters. The van der Waals surface area contributed by atoms with Gasteiger partial charge in [0.25, 0.3) is 0 Å². The molecule has 0 N–H and O–H groups in total. The number of benzene rings is 1. The Bertz CT molecular complexity index is 343. The highest BCUT2D eigenvalue weighted by Crippen LogP contribution is 2.60. The first-order valence-electron chi connectivity index (χ1n) is 5.04. The third kappa shape index (κ3) is 0.874. The lowest BCUT2D eigenvalue weighted by atomic mass is 10.0. The molecule has 1 aromatic rings. The van der Waals surface area contributed by atoms with Gasteiger partial charge in [-0.1, -0.05) is 32.0 Å². The Balaban J connectivity index is 1.95. The van der Waals surface area contributed by atoms with Gasteiger partial charge in [0.05, 0.1) is 0 Å². The summed E-state index contributed by atoms with van der Waals surface area (Å²) in [7, 11) is 0. The molecule has 0 amide bonds. The van der Waals surface area contributed by atoms with Gasteiger partial charge in [-0.3, -0.25) is 0 Å². The summed E-state index contributed by atoms with van der Waals surface area (Å²) in [6, 6.07) is 8.45. The molecule has 0 saturated heterocycles. The van der Waals surface area contributed by atoms with Crippen molar-refractivity contribution in [3.63, 3.8) is 0 Å². The second-order valence-corrected chi connectivity index (χ2v) is 4.47. The van der Waals surface area contributed by atoms with Gasteiger partial charge in [0.1, 0.15) is 11.9 Å². The Morgan fingerprint density at radius 1 is 1.23 bits per heavy atom. The van der Waals surface area contributed by atoms with Crippen molar-refractivity contribution < 1.29 is 4.74 Å². The zero-order valence-corrected chi connectivity index (χ0v) is 8.03. The van der Waals surface area contributed by atoms with Crippen molar-refractivity contribution in [2.75, 3.05) is 0 Å². The minimum atomic E-state index is 0.498. The van der Waals surface area contributed by atoms with Crippen molar-refractivity contribution in [1.29, 1.82) is 0 Å². The predicted molar refractivity (Wildman–Crippen MR) is 51.9 cm³/mol. The van der Waals surface area contributed by atoms with Crippen molar-refractivity contribution >= 4 is 0 Å². The maximum Gasteiger partial charge on any atom is 0.123 e. The molecule has 3 rings (SSSR count). The normalized spacial score (nSPS) is 33.9. The van der Waals surface area contributed by atoms with Crippen molar-refractivity contribution in [3.05, 3.63) is 29.8 Å². The van der Waals surface area contributed by atoms with E-state index in [0.717, 1.165) is 17.6 Å². The summed E-state index contributed by atoms with van der Waals surface area (Å²) in [5.41, 5.74) is 1.44. The van der Waals surface area contributed by atoms with Gasteiger partial charge in [0, 0.05) is 17.4 Å². The summed E-state index contributed by atoms with van der Waals surface area (Å²) in [6.07, 6.45) is 0.498. The van der Waals surface area contributed by atoms with Gasteiger partial charge in [0.2, 0.25) is 0 Å². The number of fused-ring (bicyclic) bond motifs is 3. The Labute approximate surface area is 78.7 Å². The van der Waals surface area contributed by atoms with Crippen LogP contribution in [0, 0.1) is 11.8 Å². The molecular weight excluding hydrogens is 160 g/mol. The lowest BCUT2D eigenvalue weighted by Crippen LogP contribution is -2.04. The third-order valence-corrected chi connectivity index (χ3v) is 3.32. The second kappa shape index (κ2) is 2.28. The average Bonchev–Trinajstić information content (AvgIpc) is 2.71. The van der Waals surface area contributed by atoms with Crippen molar-refractivity contribution in [1.82, 2.24) is 0 Å². The van der Waals surface area contributed by atoms with Crippen LogP contribution in [0.5, 0.6) is 5.75 Å². The Kier molecular flexibility index (Phi) is 1.30. The highest BCUT2D eigenvalue weighted by Gasteiger charge is 2.59. The van der Waals surface area contributed by atoms with Crippen molar-refractivity contribution in [3.8, 4) is 5.75 Å². The largest absolute Gasteiger partial charge is 0.489 e. The molecule has 13 heavy (non-hydrogen) atoms. The van der Waals surface area contributed by atoms with Crippen LogP contribution in [0.1, 0.15) is 25.3 Å². The molecule has 1 fully saturated rings. The SMILES string of the molecule is CC(C)C1C2Oc3ccccc3C21. The van der Waals surface area contributed by atoms with E-state index in [-0.39, 0.29) is 0 Å². The number of rotatable bonds is 1. The monoisotopic (exact) mass is 174 g/mol. The van der Waals surface area contributed by atoms with Crippen LogP contribution in [0.4, 0.5) is 0 Å². The molecular formula is C12H14O. The van der Waals surface area contributed by atoms with Crippen LogP contribution in [0.25, 0.3) is 0 Å². The molecule has 0 bridgehead atoms. The fourth-order valence-corrected chi connectivity index (χ4v) is 2.65. The first-order valence-corrected chi connectivity index (χ1v) is 5.04. The molecule has 2 aliphatic rings. The van der Waals surface area contributed by atoms with E-state index in [9.17, 15) is 0 Å². The lowest BCUT2D eigenvalue weighted by Gasteiger charge is -2.09. The van der Waals surface area contributed by atoms with Gasteiger partial charge >= 0.3 is 0 Å².